The third kappa shape index (κ3) is 4.79. The zero-order chi connectivity index (χ0) is 23.6. The second-order valence-electron chi connectivity index (χ2n) is 7.03. The first-order valence-corrected chi connectivity index (χ1v) is 9.58. The summed E-state index contributed by atoms with van der Waals surface area (Å²) >= 11 is 0. The lowest BCUT2D eigenvalue weighted by molar-refractivity contribution is -0.137. The molecule has 2 aromatic carbocycles. The molecule has 33 heavy (non-hydrogen) atoms. The zero-order valence-corrected chi connectivity index (χ0v) is 17.1. The van der Waals surface area contributed by atoms with Crippen molar-refractivity contribution in [3.05, 3.63) is 65.9 Å². The molecule has 0 atom stereocenters. The summed E-state index contributed by atoms with van der Waals surface area (Å²) in [5.41, 5.74) is 1.81. The molecule has 2 heterocycles. The Morgan fingerprint density at radius 2 is 1.79 bits per heavy atom. The number of benzene rings is 2. The number of aromatic nitrogens is 6. The highest BCUT2D eigenvalue weighted by Gasteiger charge is 2.30. The number of aryl methyl sites for hydroxylation is 1. The van der Waals surface area contributed by atoms with E-state index in [4.69, 9.17) is 5.11 Å². The minimum atomic E-state index is -4.49. The number of hydrogen-bond donors (Lipinski definition) is 2. The SMILES string of the molecule is Cc1ccc(-n2nnnc2-c2cnc(NCC(=O)O)nc2-c2ccc(C(F)(F)F)cc2)cc1. The molecule has 0 bridgehead atoms. The van der Waals surface area contributed by atoms with Crippen molar-refractivity contribution in [3.8, 4) is 28.3 Å². The first kappa shape index (κ1) is 21.9. The van der Waals surface area contributed by atoms with E-state index in [1.165, 1.54) is 23.0 Å². The van der Waals surface area contributed by atoms with Crippen LogP contribution in [0.1, 0.15) is 11.1 Å². The van der Waals surface area contributed by atoms with E-state index in [0.29, 0.717) is 16.8 Å². The number of nitrogens with zero attached hydrogens (tertiary/aromatic N) is 6. The number of carboxylic acid groups (broad SMARTS) is 1. The fourth-order valence-corrected chi connectivity index (χ4v) is 3.04. The van der Waals surface area contributed by atoms with Crippen LogP contribution in [0.25, 0.3) is 28.3 Å². The highest BCUT2D eigenvalue weighted by molar-refractivity contribution is 5.79. The quantitative estimate of drug-likeness (QED) is 0.453. The highest BCUT2D eigenvalue weighted by Crippen LogP contribution is 2.34. The average molecular weight is 455 g/mol. The van der Waals surface area contributed by atoms with Crippen LogP contribution in [0.5, 0.6) is 0 Å². The zero-order valence-electron chi connectivity index (χ0n) is 17.1. The predicted molar refractivity (Wildman–Crippen MR) is 111 cm³/mol. The molecule has 0 aliphatic heterocycles. The van der Waals surface area contributed by atoms with Gasteiger partial charge in [0.15, 0.2) is 5.82 Å². The van der Waals surface area contributed by atoms with Crippen LogP contribution in [-0.4, -0.2) is 47.8 Å². The first-order chi connectivity index (χ1) is 15.7. The van der Waals surface area contributed by atoms with Crippen molar-refractivity contribution < 1.29 is 23.1 Å². The molecule has 0 aliphatic rings. The first-order valence-electron chi connectivity index (χ1n) is 9.58. The van der Waals surface area contributed by atoms with Crippen LogP contribution in [0, 0.1) is 6.92 Å². The van der Waals surface area contributed by atoms with Gasteiger partial charge in [-0.15, -0.1) is 5.10 Å². The van der Waals surface area contributed by atoms with E-state index in [2.05, 4.69) is 30.8 Å². The summed E-state index contributed by atoms with van der Waals surface area (Å²) in [6.45, 7) is 1.50. The van der Waals surface area contributed by atoms with Crippen molar-refractivity contribution in [2.45, 2.75) is 13.1 Å². The monoisotopic (exact) mass is 455 g/mol. The minimum Gasteiger partial charge on any atom is -0.480 e. The smallest absolute Gasteiger partial charge is 0.416 e. The Labute approximate surface area is 184 Å². The number of carboxylic acids is 1. The van der Waals surface area contributed by atoms with Gasteiger partial charge in [-0.3, -0.25) is 4.79 Å². The van der Waals surface area contributed by atoms with Gasteiger partial charge >= 0.3 is 12.1 Å². The number of aliphatic carboxylic acids is 1. The summed E-state index contributed by atoms with van der Waals surface area (Å²) < 4.78 is 40.5. The van der Waals surface area contributed by atoms with Crippen LogP contribution in [0.2, 0.25) is 0 Å². The lowest BCUT2D eigenvalue weighted by atomic mass is 10.0. The van der Waals surface area contributed by atoms with E-state index in [0.717, 1.165) is 17.7 Å². The predicted octanol–water partition coefficient (Wildman–Crippen LogP) is 3.61. The maximum Gasteiger partial charge on any atom is 0.416 e. The second-order valence-corrected chi connectivity index (χ2v) is 7.03. The third-order valence-electron chi connectivity index (χ3n) is 4.66. The molecule has 2 aromatic heterocycles. The molecular weight excluding hydrogens is 439 g/mol. The molecule has 0 saturated carbocycles. The lowest BCUT2D eigenvalue weighted by Gasteiger charge is -2.12. The summed E-state index contributed by atoms with van der Waals surface area (Å²) in [5.74, 6) is -0.869. The molecule has 168 valence electrons. The Morgan fingerprint density at radius 3 is 2.42 bits per heavy atom. The standard InChI is InChI=1S/C21H16F3N7O2/c1-12-2-8-15(9-3-12)31-19(28-29-30-31)16-10-25-20(26-11-17(32)33)27-18(16)13-4-6-14(7-5-13)21(22,23)24/h2-10H,11H2,1H3,(H,32,33)(H,25,26,27). The summed E-state index contributed by atoms with van der Waals surface area (Å²) in [6, 6.07) is 11.8. The van der Waals surface area contributed by atoms with E-state index in [1.807, 2.05) is 31.2 Å². The summed E-state index contributed by atoms with van der Waals surface area (Å²) in [6.07, 6.45) is -3.10. The van der Waals surface area contributed by atoms with Crippen molar-refractivity contribution in [3.63, 3.8) is 0 Å². The maximum absolute atomic E-state index is 13.0. The van der Waals surface area contributed by atoms with Crippen molar-refractivity contribution in [1.29, 1.82) is 0 Å². The second kappa shape index (κ2) is 8.65. The molecule has 2 N–H and O–H groups in total. The number of nitrogens with one attached hydrogen (secondary N) is 1. The van der Waals surface area contributed by atoms with Crippen LogP contribution >= 0.6 is 0 Å². The van der Waals surface area contributed by atoms with Gasteiger partial charge in [-0.2, -0.15) is 17.9 Å². The molecular formula is C21H16F3N7O2. The van der Waals surface area contributed by atoms with Crippen LogP contribution in [-0.2, 0) is 11.0 Å². The largest absolute Gasteiger partial charge is 0.480 e. The average Bonchev–Trinajstić information content (AvgIpc) is 3.27. The molecule has 9 nitrogen and oxygen atoms in total. The van der Waals surface area contributed by atoms with E-state index in [1.54, 1.807) is 0 Å². The number of alkyl halides is 3. The van der Waals surface area contributed by atoms with Crippen molar-refractivity contribution in [2.75, 3.05) is 11.9 Å². The van der Waals surface area contributed by atoms with Gasteiger partial charge in [0, 0.05) is 11.8 Å². The molecule has 0 unspecified atom stereocenters. The van der Waals surface area contributed by atoms with Gasteiger partial charge in [0.05, 0.1) is 22.5 Å². The van der Waals surface area contributed by atoms with E-state index >= 15 is 0 Å². The topological polar surface area (TPSA) is 119 Å². The van der Waals surface area contributed by atoms with Gasteiger partial charge in [0.25, 0.3) is 0 Å². The molecule has 12 heteroatoms. The van der Waals surface area contributed by atoms with E-state index < -0.39 is 24.3 Å². The molecule has 0 saturated heterocycles. The molecule has 4 aromatic rings. The van der Waals surface area contributed by atoms with Crippen molar-refractivity contribution >= 4 is 11.9 Å². The van der Waals surface area contributed by atoms with Crippen LogP contribution in [0.3, 0.4) is 0 Å². The van der Waals surface area contributed by atoms with Crippen molar-refractivity contribution in [1.82, 2.24) is 30.2 Å². The molecule has 0 fully saturated rings. The molecule has 0 spiro atoms. The fourth-order valence-electron chi connectivity index (χ4n) is 3.04. The third-order valence-corrected chi connectivity index (χ3v) is 4.66. The highest BCUT2D eigenvalue weighted by atomic mass is 19.4. The summed E-state index contributed by atoms with van der Waals surface area (Å²) in [4.78, 5) is 19.3. The minimum absolute atomic E-state index is 0.00888. The maximum atomic E-state index is 13.0. The molecule has 0 amide bonds. The van der Waals surface area contributed by atoms with Gasteiger partial charge in [0.2, 0.25) is 5.95 Å². The molecule has 4 rings (SSSR count). The molecule has 0 aliphatic carbocycles. The van der Waals surface area contributed by atoms with Gasteiger partial charge in [-0.05, 0) is 41.6 Å². The number of tetrazole rings is 1. The Kier molecular flexibility index (Phi) is 5.73. The Balaban J connectivity index is 1.83. The van der Waals surface area contributed by atoms with Crippen LogP contribution in [0.4, 0.5) is 19.1 Å². The van der Waals surface area contributed by atoms with E-state index in [-0.39, 0.29) is 17.5 Å². The number of hydrogen-bond acceptors (Lipinski definition) is 7. The van der Waals surface area contributed by atoms with Crippen LogP contribution in [0.15, 0.2) is 54.7 Å². The summed E-state index contributed by atoms with van der Waals surface area (Å²) in [5, 5.41) is 23.3. The number of halogens is 3. The van der Waals surface area contributed by atoms with Gasteiger partial charge < -0.3 is 10.4 Å². The van der Waals surface area contributed by atoms with Gasteiger partial charge in [-0.1, -0.05) is 29.8 Å². The number of carbonyl (C=O) groups is 1. The Bertz CT molecular complexity index is 1290. The Morgan fingerprint density at radius 1 is 1.09 bits per heavy atom. The number of anilines is 1. The van der Waals surface area contributed by atoms with Crippen molar-refractivity contribution in [2.24, 2.45) is 0 Å². The normalized spacial score (nSPS) is 11.4. The van der Waals surface area contributed by atoms with Gasteiger partial charge in [0.1, 0.15) is 6.54 Å². The number of rotatable bonds is 6. The summed E-state index contributed by atoms with van der Waals surface area (Å²) in [7, 11) is 0. The van der Waals surface area contributed by atoms with E-state index in [9.17, 15) is 18.0 Å². The molecule has 0 radical (unpaired) electrons. The lowest BCUT2D eigenvalue weighted by Crippen LogP contribution is -2.14. The van der Waals surface area contributed by atoms with Gasteiger partial charge in [-0.25, -0.2) is 9.97 Å². The Hall–Kier alpha value is -4.35. The van der Waals surface area contributed by atoms with Crippen LogP contribution < -0.4 is 5.32 Å². The fraction of sp³-hybridized carbons (Fsp3) is 0.143.